The molecule has 23 heavy (non-hydrogen) atoms. The summed E-state index contributed by atoms with van der Waals surface area (Å²) >= 11 is -1.06. The highest BCUT2D eigenvalue weighted by molar-refractivity contribution is 7.90. The zero-order chi connectivity index (χ0) is 16.4. The van der Waals surface area contributed by atoms with Crippen LogP contribution < -0.4 is 4.72 Å². The van der Waals surface area contributed by atoms with Crippen LogP contribution in [0.4, 0.5) is 0 Å². The summed E-state index contributed by atoms with van der Waals surface area (Å²) < 4.78 is 15.7. The first-order valence-corrected chi connectivity index (χ1v) is 9.41. The van der Waals surface area contributed by atoms with Crippen molar-refractivity contribution in [3.63, 3.8) is 0 Å². The largest absolute Gasteiger partial charge is 0.598 e. The fourth-order valence-electron chi connectivity index (χ4n) is 3.22. The molecule has 0 spiro atoms. The number of fused-ring (bicyclic) bond motifs is 1. The third kappa shape index (κ3) is 3.79. The maximum absolute atomic E-state index is 12.6. The molecule has 1 N–H and O–H groups in total. The first kappa shape index (κ1) is 16.6. The van der Waals surface area contributed by atoms with Crippen molar-refractivity contribution in [3.05, 3.63) is 71.3 Å². The fourth-order valence-corrected chi connectivity index (χ4v) is 4.05. The van der Waals surface area contributed by atoms with E-state index in [1.165, 1.54) is 16.7 Å². The lowest BCUT2D eigenvalue weighted by Gasteiger charge is -2.34. The number of hydrogen-bond donors (Lipinski definition) is 1. The van der Waals surface area contributed by atoms with E-state index in [-0.39, 0.29) is 10.8 Å². The highest BCUT2D eigenvalue weighted by atomic mass is 32.2. The third-order valence-electron chi connectivity index (χ3n) is 4.49. The van der Waals surface area contributed by atoms with Crippen LogP contribution in [-0.4, -0.2) is 9.30 Å². The Morgan fingerprint density at radius 3 is 2.35 bits per heavy atom. The van der Waals surface area contributed by atoms with E-state index in [4.69, 9.17) is 0 Å². The Labute approximate surface area is 142 Å². The van der Waals surface area contributed by atoms with E-state index in [0.29, 0.717) is 5.92 Å². The molecule has 0 radical (unpaired) electrons. The fraction of sp³-hybridized carbons (Fsp3) is 0.400. The highest BCUT2D eigenvalue weighted by Crippen LogP contribution is 2.39. The van der Waals surface area contributed by atoms with Gasteiger partial charge in [-0.1, -0.05) is 54.6 Å². The summed E-state index contributed by atoms with van der Waals surface area (Å²) in [5.41, 5.74) is 4.05. The van der Waals surface area contributed by atoms with Crippen molar-refractivity contribution in [3.8, 4) is 0 Å². The second-order valence-corrected chi connectivity index (χ2v) is 9.30. The summed E-state index contributed by atoms with van der Waals surface area (Å²) in [6, 6.07) is 19.4. The Kier molecular flexibility index (Phi) is 4.81. The molecule has 0 unspecified atom stereocenters. The van der Waals surface area contributed by atoms with E-state index in [2.05, 4.69) is 59.3 Å². The van der Waals surface area contributed by atoms with Gasteiger partial charge in [0.2, 0.25) is 0 Å². The number of rotatable bonds is 3. The van der Waals surface area contributed by atoms with Crippen molar-refractivity contribution in [1.29, 1.82) is 0 Å². The molecular formula is C20H25NOS. The minimum absolute atomic E-state index is 0.144. The van der Waals surface area contributed by atoms with Gasteiger partial charge in [0, 0.05) is 11.4 Å². The molecule has 0 aromatic heterocycles. The smallest absolute Gasteiger partial charge is 0.136 e. The van der Waals surface area contributed by atoms with Gasteiger partial charge in [0.1, 0.15) is 4.75 Å². The Morgan fingerprint density at radius 2 is 1.65 bits per heavy atom. The predicted molar refractivity (Wildman–Crippen MR) is 97.7 cm³/mol. The monoisotopic (exact) mass is 327 g/mol. The first-order chi connectivity index (χ1) is 10.9. The van der Waals surface area contributed by atoms with Crippen molar-refractivity contribution in [2.45, 2.75) is 50.3 Å². The Hall–Kier alpha value is -1.29. The zero-order valence-electron chi connectivity index (χ0n) is 14.1. The second-order valence-electron chi connectivity index (χ2n) is 7.30. The molecule has 0 heterocycles. The van der Waals surface area contributed by atoms with Crippen LogP contribution in [0.3, 0.4) is 0 Å². The van der Waals surface area contributed by atoms with E-state index < -0.39 is 11.4 Å². The molecular weight excluding hydrogens is 302 g/mol. The van der Waals surface area contributed by atoms with Crippen molar-refractivity contribution < 1.29 is 4.55 Å². The van der Waals surface area contributed by atoms with Crippen LogP contribution in [0.15, 0.2) is 54.6 Å². The van der Waals surface area contributed by atoms with Crippen molar-refractivity contribution in [2.75, 3.05) is 0 Å². The number of hydrogen-bond acceptors (Lipinski definition) is 2. The lowest BCUT2D eigenvalue weighted by Crippen LogP contribution is -2.42. The maximum Gasteiger partial charge on any atom is 0.136 e. The normalized spacial score (nSPS) is 22.4. The number of nitrogens with one attached hydrogen (secondary N) is 1. The molecule has 3 rings (SSSR count). The molecule has 0 bridgehead atoms. The highest BCUT2D eigenvalue weighted by Gasteiger charge is 2.34. The summed E-state index contributed by atoms with van der Waals surface area (Å²) in [4.78, 5) is 0. The van der Waals surface area contributed by atoms with E-state index in [0.717, 1.165) is 12.8 Å². The summed E-state index contributed by atoms with van der Waals surface area (Å²) in [5.74, 6) is 0.473. The second kappa shape index (κ2) is 6.68. The van der Waals surface area contributed by atoms with Crippen LogP contribution >= 0.6 is 0 Å². The summed E-state index contributed by atoms with van der Waals surface area (Å²) in [7, 11) is 0. The SMILES string of the molecule is CC(C)(C)[S@@+]([O-])N[C@H]1C[C@H](c2ccccc2)Cc2ccccc21. The van der Waals surface area contributed by atoms with Crippen molar-refractivity contribution >= 4 is 11.4 Å². The Bertz CT molecular complexity index is 650. The van der Waals surface area contributed by atoms with Crippen LogP contribution in [0.5, 0.6) is 0 Å². The van der Waals surface area contributed by atoms with Gasteiger partial charge in [0.05, 0.1) is 6.04 Å². The summed E-state index contributed by atoms with van der Waals surface area (Å²) in [6.45, 7) is 6.04. The standard InChI is InChI=1S/C20H25NOS/c1-20(2,3)23(22)21-19-14-17(15-9-5-4-6-10-15)13-16-11-7-8-12-18(16)19/h4-12,17,19,21H,13-14H2,1-3H3/t17-,19+,23-/m1/s1. The predicted octanol–water partition coefficient (Wildman–Crippen LogP) is 4.51. The maximum atomic E-state index is 12.6. The van der Waals surface area contributed by atoms with E-state index >= 15 is 0 Å². The quantitative estimate of drug-likeness (QED) is 0.842. The molecule has 122 valence electrons. The third-order valence-corrected chi connectivity index (χ3v) is 6.10. The zero-order valence-corrected chi connectivity index (χ0v) is 14.9. The molecule has 2 aromatic rings. The average Bonchev–Trinajstić information content (AvgIpc) is 2.54. The van der Waals surface area contributed by atoms with Crippen molar-refractivity contribution in [1.82, 2.24) is 4.72 Å². The topological polar surface area (TPSA) is 35.1 Å². The van der Waals surface area contributed by atoms with Gasteiger partial charge in [-0.15, -0.1) is 4.72 Å². The lowest BCUT2D eigenvalue weighted by atomic mass is 9.78. The van der Waals surface area contributed by atoms with Gasteiger partial charge in [0.15, 0.2) is 0 Å². The first-order valence-electron chi connectivity index (χ1n) is 8.26. The molecule has 1 aliphatic carbocycles. The molecule has 0 fully saturated rings. The number of benzene rings is 2. The molecule has 0 saturated carbocycles. The van der Waals surface area contributed by atoms with Gasteiger partial charge in [-0.25, -0.2) is 0 Å². The van der Waals surface area contributed by atoms with Gasteiger partial charge in [0.25, 0.3) is 0 Å². The summed E-state index contributed by atoms with van der Waals surface area (Å²) in [5, 5.41) is 0. The van der Waals surface area contributed by atoms with E-state index in [1.807, 2.05) is 20.8 Å². The van der Waals surface area contributed by atoms with E-state index in [9.17, 15) is 4.55 Å². The molecule has 0 saturated heterocycles. The van der Waals surface area contributed by atoms with Crippen LogP contribution in [0.1, 0.15) is 55.8 Å². The molecule has 0 amide bonds. The lowest BCUT2D eigenvalue weighted by molar-refractivity contribution is 0.456. The van der Waals surface area contributed by atoms with Crippen LogP contribution in [0.2, 0.25) is 0 Å². The molecule has 2 nitrogen and oxygen atoms in total. The van der Waals surface area contributed by atoms with Crippen LogP contribution in [0, 0.1) is 0 Å². The van der Waals surface area contributed by atoms with Gasteiger partial charge in [-0.3, -0.25) is 0 Å². The molecule has 1 aliphatic rings. The van der Waals surface area contributed by atoms with Crippen molar-refractivity contribution in [2.24, 2.45) is 0 Å². The average molecular weight is 327 g/mol. The molecule has 2 aromatic carbocycles. The van der Waals surface area contributed by atoms with Gasteiger partial charge in [-0.05, 0) is 56.2 Å². The minimum Gasteiger partial charge on any atom is -0.598 e. The van der Waals surface area contributed by atoms with Crippen LogP contribution in [-0.2, 0) is 17.8 Å². The Morgan fingerprint density at radius 1 is 1.00 bits per heavy atom. The van der Waals surface area contributed by atoms with Gasteiger partial charge >= 0.3 is 0 Å². The molecule has 0 aliphatic heterocycles. The molecule has 3 heteroatoms. The molecule has 3 atom stereocenters. The van der Waals surface area contributed by atoms with Gasteiger partial charge < -0.3 is 4.55 Å². The minimum atomic E-state index is -1.06. The Balaban J connectivity index is 1.88. The summed E-state index contributed by atoms with van der Waals surface area (Å²) in [6.07, 6.45) is 2.05. The van der Waals surface area contributed by atoms with Crippen LogP contribution in [0.25, 0.3) is 0 Å². The van der Waals surface area contributed by atoms with E-state index in [1.54, 1.807) is 0 Å². The van der Waals surface area contributed by atoms with Gasteiger partial charge in [-0.2, -0.15) is 0 Å².